The Hall–Kier alpha value is -3.34. The fraction of sp³-hybridized carbons (Fsp3) is 0.143. The summed E-state index contributed by atoms with van der Waals surface area (Å²) in [7, 11) is 1.30. The molecule has 0 saturated heterocycles. The highest BCUT2D eigenvalue weighted by molar-refractivity contribution is 6.02. The third-order valence-corrected chi connectivity index (χ3v) is 4.01. The van der Waals surface area contributed by atoms with Gasteiger partial charge >= 0.3 is 5.97 Å². The van der Waals surface area contributed by atoms with Gasteiger partial charge < -0.3 is 14.8 Å². The number of esters is 1. The van der Waals surface area contributed by atoms with Crippen LogP contribution < -0.4 is 10.1 Å². The van der Waals surface area contributed by atoms with Crippen molar-refractivity contribution in [3.05, 3.63) is 72.3 Å². The first-order valence-corrected chi connectivity index (χ1v) is 8.23. The Bertz CT molecular complexity index is 946. The van der Waals surface area contributed by atoms with E-state index in [9.17, 15) is 9.59 Å². The van der Waals surface area contributed by atoms with Crippen molar-refractivity contribution in [1.82, 2.24) is 0 Å². The highest BCUT2D eigenvalue weighted by Gasteiger charge is 2.19. The molecule has 0 radical (unpaired) electrons. The summed E-state index contributed by atoms with van der Waals surface area (Å²) >= 11 is 0. The molecule has 5 nitrogen and oxygen atoms in total. The van der Waals surface area contributed by atoms with Gasteiger partial charge in [0.1, 0.15) is 5.75 Å². The van der Waals surface area contributed by atoms with E-state index in [0.717, 1.165) is 10.8 Å². The van der Waals surface area contributed by atoms with Gasteiger partial charge in [-0.1, -0.05) is 48.5 Å². The molecule has 0 aliphatic carbocycles. The van der Waals surface area contributed by atoms with Crippen LogP contribution in [0.25, 0.3) is 10.8 Å². The van der Waals surface area contributed by atoms with Crippen LogP contribution in [0.2, 0.25) is 0 Å². The number of ether oxygens (including phenoxy) is 2. The van der Waals surface area contributed by atoms with E-state index >= 15 is 0 Å². The summed E-state index contributed by atoms with van der Waals surface area (Å²) in [4.78, 5) is 24.3. The van der Waals surface area contributed by atoms with Crippen LogP contribution in [0.1, 0.15) is 17.3 Å². The van der Waals surface area contributed by atoms with Crippen molar-refractivity contribution in [3.63, 3.8) is 0 Å². The van der Waals surface area contributed by atoms with Crippen LogP contribution in [-0.2, 0) is 9.53 Å². The predicted molar refractivity (Wildman–Crippen MR) is 100 cm³/mol. The number of anilines is 1. The fourth-order valence-electron chi connectivity index (χ4n) is 2.66. The number of para-hydroxylation sites is 1. The molecule has 5 heteroatoms. The molecule has 3 aromatic carbocycles. The topological polar surface area (TPSA) is 64.6 Å². The first-order chi connectivity index (χ1) is 12.6. The monoisotopic (exact) mass is 349 g/mol. The van der Waals surface area contributed by atoms with Crippen molar-refractivity contribution >= 4 is 28.3 Å². The average Bonchev–Trinajstić information content (AvgIpc) is 2.68. The van der Waals surface area contributed by atoms with Crippen molar-refractivity contribution < 1.29 is 19.1 Å². The number of methoxy groups -OCH3 is 1. The number of carbonyl (C=O) groups excluding carboxylic acids is 2. The molecular formula is C21H19NO4. The number of amides is 1. The molecule has 3 rings (SSSR count). The van der Waals surface area contributed by atoms with Gasteiger partial charge in [0.15, 0.2) is 6.10 Å². The molecule has 0 saturated carbocycles. The summed E-state index contributed by atoms with van der Waals surface area (Å²) in [5.41, 5.74) is 0.679. The first-order valence-electron chi connectivity index (χ1n) is 8.23. The van der Waals surface area contributed by atoms with Gasteiger partial charge in [0.25, 0.3) is 5.91 Å². The summed E-state index contributed by atoms with van der Waals surface area (Å²) in [6.45, 7) is 1.66. The number of rotatable bonds is 5. The molecule has 3 aromatic rings. The van der Waals surface area contributed by atoms with E-state index in [2.05, 4.69) is 5.32 Å². The lowest BCUT2D eigenvalue weighted by molar-refractivity contribution is -0.122. The van der Waals surface area contributed by atoms with E-state index in [1.807, 2.05) is 42.5 Å². The second-order valence-corrected chi connectivity index (χ2v) is 5.76. The quantitative estimate of drug-likeness (QED) is 0.706. The van der Waals surface area contributed by atoms with Gasteiger partial charge in [0.2, 0.25) is 0 Å². The number of benzene rings is 3. The molecule has 0 aliphatic rings. The highest BCUT2D eigenvalue weighted by Crippen LogP contribution is 2.26. The summed E-state index contributed by atoms with van der Waals surface area (Å²) < 4.78 is 10.6. The van der Waals surface area contributed by atoms with Crippen molar-refractivity contribution in [1.29, 1.82) is 0 Å². The Morgan fingerprint density at radius 3 is 2.42 bits per heavy atom. The zero-order valence-corrected chi connectivity index (χ0v) is 14.6. The van der Waals surface area contributed by atoms with E-state index in [1.165, 1.54) is 7.11 Å². The lowest BCUT2D eigenvalue weighted by Gasteiger charge is -2.17. The minimum Gasteiger partial charge on any atom is -0.480 e. The number of hydrogen-bond acceptors (Lipinski definition) is 4. The third kappa shape index (κ3) is 3.67. The molecule has 0 bridgehead atoms. The maximum atomic E-state index is 12.5. The molecular weight excluding hydrogens is 330 g/mol. The molecule has 0 heterocycles. The molecule has 0 spiro atoms. The molecule has 0 aliphatic heterocycles. The smallest absolute Gasteiger partial charge is 0.339 e. The van der Waals surface area contributed by atoms with Crippen molar-refractivity contribution in [2.45, 2.75) is 13.0 Å². The van der Waals surface area contributed by atoms with Crippen molar-refractivity contribution in [2.24, 2.45) is 0 Å². The minimum atomic E-state index is -0.744. The Balaban J connectivity index is 1.78. The lowest BCUT2D eigenvalue weighted by atomic mass is 10.1. The fourth-order valence-corrected chi connectivity index (χ4v) is 2.66. The van der Waals surface area contributed by atoms with E-state index in [4.69, 9.17) is 9.47 Å². The largest absolute Gasteiger partial charge is 0.480 e. The van der Waals surface area contributed by atoms with Crippen LogP contribution in [0.3, 0.4) is 0 Å². The van der Waals surface area contributed by atoms with Crippen LogP contribution in [0, 0.1) is 0 Å². The molecule has 0 aromatic heterocycles. The van der Waals surface area contributed by atoms with Crippen LogP contribution in [0.5, 0.6) is 5.75 Å². The zero-order chi connectivity index (χ0) is 18.5. The predicted octanol–water partition coefficient (Wildman–Crippen LogP) is 4.03. The SMILES string of the molecule is COC(=O)c1ccccc1NC(=O)[C@H](C)Oc1cccc2ccccc12. The lowest BCUT2D eigenvalue weighted by Crippen LogP contribution is -2.30. The summed E-state index contributed by atoms with van der Waals surface area (Å²) in [5, 5.41) is 4.70. The van der Waals surface area contributed by atoms with Gasteiger partial charge in [0, 0.05) is 5.39 Å². The molecule has 1 amide bonds. The summed E-state index contributed by atoms with van der Waals surface area (Å²) in [5.74, 6) is -0.232. The molecule has 132 valence electrons. The van der Waals surface area contributed by atoms with Crippen molar-refractivity contribution in [3.8, 4) is 5.75 Å². The van der Waals surface area contributed by atoms with Gasteiger partial charge in [-0.15, -0.1) is 0 Å². The first kappa shape index (κ1) is 17.5. The number of nitrogens with one attached hydrogen (secondary N) is 1. The Morgan fingerprint density at radius 1 is 0.923 bits per heavy atom. The zero-order valence-electron chi connectivity index (χ0n) is 14.6. The van der Waals surface area contributed by atoms with Crippen LogP contribution in [0.4, 0.5) is 5.69 Å². The highest BCUT2D eigenvalue weighted by atomic mass is 16.5. The molecule has 0 fully saturated rings. The van der Waals surface area contributed by atoms with Crippen molar-refractivity contribution in [2.75, 3.05) is 12.4 Å². The molecule has 26 heavy (non-hydrogen) atoms. The normalized spacial score (nSPS) is 11.6. The number of hydrogen-bond donors (Lipinski definition) is 1. The van der Waals surface area contributed by atoms with E-state index in [0.29, 0.717) is 17.0 Å². The van der Waals surface area contributed by atoms with E-state index < -0.39 is 12.1 Å². The van der Waals surface area contributed by atoms with Gasteiger partial charge in [-0.3, -0.25) is 4.79 Å². The number of carbonyl (C=O) groups is 2. The standard InChI is InChI=1S/C21H19NO4/c1-14(26-19-13-7-9-15-8-3-4-10-16(15)19)20(23)22-18-12-6-5-11-17(18)21(24)25-2/h3-14H,1-2H3,(H,22,23)/t14-/m0/s1. The van der Waals surface area contributed by atoms with Crippen LogP contribution in [-0.4, -0.2) is 25.1 Å². The van der Waals surface area contributed by atoms with E-state index in [-0.39, 0.29) is 5.91 Å². The number of fused-ring (bicyclic) bond motifs is 1. The maximum Gasteiger partial charge on any atom is 0.339 e. The molecule has 1 N–H and O–H groups in total. The van der Waals surface area contributed by atoms with Gasteiger partial charge in [-0.25, -0.2) is 4.79 Å². The van der Waals surface area contributed by atoms with Crippen LogP contribution >= 0.6 is 0 Å². The summed E-state index contributed by atoms with van der Waals surface area (Å²) in [6.07, 6.45) is -0.744. The maximum absolute atomic E-state index is 12.5. The summed E-state index contributed by atoms with van der Waals surface area (Å²) in [6, 6.07) is 20.2. The molecule has 1 atom stereocenters. The third-order valence-electron chi connectivity index (χ3n) is 4.01. The van der Waals surface area contributed by atoms with Gasteiger partial charge in [-0.2, -0.15) is 0 Å². The van der Waals surface area contributed by atoms with Gasteiger partial charge in [0.05, 0.1) is 18.4 Å². The second kappa shape index (κ2) is 7.70. The van der Waals surface area contributed by atoms with Gasteiger partial charge in [-0.05, 0) is 30.5 Å². The van der Waals surface area contributed by atoms with Crippen LogP contribution in [0.15, 0.2) is 66.7 Å². The Morgan fingerprint density at radius 2 is 1.62 bits per heavy atom. The average molecular weight is 349 g/mol. The Kier molecular flexibility index (Phi) is 5.17. The Labute approximate surface area is 151 Å². The minimum absolute atomic E-state index is 0.292. The molecule has 0 unspecified atom stereocenters. The second-order valence-electron chi connectivity index (χ2n) is 5.76. The van der Waals surface area contributed by atoms with E-state index in [1.54, 1.807) is 31.2 Å².